The monoisotopic (exact) mass is 566 g/mol. The molecule has 3 aliphatic rings. The Kier molecular flexibility index (Phi) is 7.73. The average molecular weight is 567 g/mol. The third-order valence-electron chi connectivity index (χ3n) is 9.82. The molecule has 0 bridgehead atoms. The van der Waals surface area contributed by atoms with Crippen LogP contribution in [0.25, 0.3) is 11.1 Å². The summed E-state index contributed by atoms with van der Waals surface area (Å²) >= 11 is 0. The van der Waals surface area contributed by atoms with Crippen LogP contribution in [0.2, 0.25) is 0 Å². The molecule has 1 heterocycles. The molecule has 6 heteroatoms. The fourth-order valence-electron chi connectivity index (χ4n) is 7.28. The van der Waals surface area contributed by atoms with E-state index < -0.39 is 0 Å². The maximum absolute atomic E-state index is 12.5. The molecule has 6 nitrogen and oxygen atoms in total. The second-order valence-electron chi connectivity index (χ2n) is 12.5. The molecular weight excluding hydrogens is 524 g/mol. The van der Waals surface area contributed by atoms with Gasteiger partial charge in [-0.2, -0.15) is 0 Å². The number of likely N-dealkylation sites (tertiary alicyclic amines) is 1. The summed E-state index contributed by atoms with van der Waals surface area (Å²) in [5.41, 5.74) is 11.3. The molecule has 3 aromatic carbocycles. The summed E-state index contributed by atoms with van der Waals surface area (Å²) in [4.78, 5) is 26.4. The van der Waals surface area contributed by atoms with Crippen molar-refractivity contribution in [1.82, 2.24) is 4.90 Å². The molecular formula is C36H42N2O4. The smallest absolute Gasteiger partial charge is 0.306 e. The van der Waals surface area contributed by atoms with Crippen LogP contribution in [0.15, 0.2) is 48.5 Å². The quantitative estimate of drug-likeness (QED) is 0.286. The molecule has 0 radical (unpaired) electrons. The first-order chi connectivity index (χ1) is 20.3. The van der Waals surface area contributed by atoms with Crippen LogP contribution in [0, 0.1) is 26.2 Å². The molecule has 1 atom stereocenters. The second-order valence-corrected chi connectivity index (χ2v) is 12.5. The first-order valence-electron chi connectivity index (χ1n) is 15.3. The predicted octanol–water partition coefficient (Wildman–Crippen LogP) is 6.88. The Morgan fingerprint density at radius 3 is 2.43 bits per heavy atom. The van der Waals surface area contributed by atoms with Gasteiger partial charge < -0.3 is 19.7 Å². The molecule has 0 aromatic heterocycles. The van der Waals surface area contributed by atoms with Crippen molar-refractivity contribution in [2.24, 2.45) is 5.41 Å². The minimum Gasteiger partial charge on any atom is -0.484 e. The molecule has 42 heavy (non-hydrogen) atoms. The number of benzene rings is 3. The van der Waals surface area contributed by atoms with Crippen LogP contribution in [0.5, 0.6) is 5.75 Å². The standard InChI is InChI=1S/C36H42N2O4/c1-23-16-29(42-22-33(39)38-14-5-6-15-38)17-24(2)35(23)30-9-7-8-26(25(30)3)21-37-28-10-11-31-27(18-28)20-36(12-13-36)32(31)19-34(40)41-4/h7-11,16-18,32,37H,5-6,12-15,19-22H2,1-4H3. The number of amides is 1. The molecule has 2 aliphatic carbocycles. The van der Waals surface area contributed by atoms with Crippen molar-refractivity contribution in [3.8, 4) is 16.9 Å². The van der Waals surface area contributed by atoms with E-state index in [1.807, 2.05) is 4.90 Å². The minimum absolute atomic E-state index is 0.0688. The first-order valence-corrected chi connectivity index (χ1v) is 15.3. The molecule has 6 rings (SSSR count). The Morgan fingerprint density at radius 2 is 1.74 bits per heavy atom. The first kappa shape index (κ1) is 28.3. The van der Waals surface area contributed by atoms with Crippen molar-refractivity contribution in [3.63, 3.8) is 0 Å². The van der Waals surface area contributed by atoms with E-state index in [4.69, 9.17) is 9.47 Å². The molecule has 1 amide bonds. The van der Waals surface area contributed by atoms with Crippen LogP contribution in [-0.4, -0.2) is 43.6 Å². The number of esters is 1. The number of rotatable bonds is 9. The lowest BCUT2D eigenvalue weighted by molar-refractivity contribution is -0.141. The van der Waals surface area contributed by atoms with Crippen molar-refractivity contribution in [2.75, 3.05) is 32.1 Å². The Labute approximate surface area is 249 Å². The normalized spacial score (nSPS) is 18.2. The lowest BCUT2D eigenvalue weighted by Crippen LogP contribution is -2.32. The summed E-state index contributed by atoms with van der Waals surface area (Å²) < 4.78 is 10.9. The number of carbonyl (C=O) groups excluding carboxylic acids is 2. The Bertz CT molecular complexity index is 1490. The highest BCUT2D eigenvalue weighted by molar-refractivity contribution is 5.78. The lowest BCUT2D eigenvalue weighted by atomic mass is 9.87. The highest BCUT2D eigenvalue weighted by Gasteiger charge is 2.54. The zero-order valence-electron chi connectivity index (χ0n) is 25.3. The zero-order chi connectivity index (χ0) is 29.4. The minimum atomic E-state index is -0.114. The lowest BCUT2D eigenvalue weighted by Gasteiger charge is -2.19. The number of ether oxygens (including phenoxy) is 2. The van der Waals surface area contributed by atoms with Gasteiger partial charge >= 0.3 is 5.97 Å². The van der Waals surface area contributed by atoms with Gasteiger partial charge in [0.1, 0.15) is 5.75 Å². The fraction of sp³-hybridized carbons (Fsp3) is 0.444. The number of fused-ring (bicyclic) bond motifs is 1. The van der Waals surface area contributed by atoms with Crippen LogP contribution in [0.1, 0.15) is 71.4 Å². The van der Waals surface area contributed by atoms with Crippen molar-refractivity contribution < 1.29 is 19.1 Å². The van der Waals surface area contributed by atoms with Gasteiger partial charge in [-0.1, -0.05) is 24.3 Å². The Hall–Kier alpha value is -3.80. The number of aryl methyl sites for hydroxylation is 2. The summed E-state index contributed by atoms with van der Waals surface area (Å²) in [5, 5.41) is 3.67. The second kappa shape index (κ2) is 11.5. The van der Waals surface area contributed by atoms with E-state index in [9.17, 15) is 9.59 Å². The van der Waals surface area contributed by atoms with Gasteiger partial charge in [-0.3, -0.25) is 9.59 Å². The van der Waals surface area contributed by atoms with E-state index in [2.05, 4.69) is 74.6 Å². The van der Waals surface area contributed by atoms with Gasteiger partial charge in [0, 0.05) is 31.2 Å². The van der Waals surface area contributed by atoms with Gasteiger partial charge in [-0.25, -0.2) is 0 Å². The molecule has 1 spiro atoms. The van der Waals surface area contributed by atoms with E-state index in [0.29, 0.717) is 6.42 Å². The van der Waals surface area contributed by atoms with Gasteiger partial charge in [0.25, 0.3) is 5.91 Å². The maximum Gasteiger partial charge on any atom is 0.306 e. The highest BCUT2D eigenvalue weighted by Crippen LogP contribution is 2.64. The van der Waals surface area contributed by atoms with Crippen LogP contribution < -0.4 is 10.1 Å². The van der Waals surface area contributed by atoms with E-state index in [0.717, 1.165) is 61.5 Å². The van der Waals surface area contributed by atoms with Crippen molar-refractivity contribution in [1.29, 1.82) is 0 Å². The third-order valence-corrected chi connectivity index (χ3v) is 9.82. The fourth-order valence-corrected chi connectivity index (χ4v) is 7.28. The SMILES string of the molecule is COC(=O)CC1c2ccc(NCc3cccc(-c4c(C)cc(OCC(=O)N5CCCC5)cc4C)c3C)cc2CC12CC2. The topological polar surface area (TPSA) is 67.9 Å². The number of anilines is 1. The zero-order valence-corrected chi connectivity index (χ0v) is 25.3. The predicted molar refractivity (Wildman–Crippen MR) is 166 cm³/mol. The van der Waals surface area contributed by atoms with Crippen LogP contribution in [0.3, 0.4) is 0 Å². The van der Waals surface area contributed by atoms with Crippen LogP contribution in [-0.2, 0) is 27.3 Å². The number of carbonyl (C=O) groups is 2. The molecule has 1 unspecified atom stereocenters. The summed E-state index contributed by atoms with van der Waals surface area (Å²) in [6, 6.07) is 17.3. The average Bonchev–Trinajstić information content (AvgIpc) is 3.40. The number of nitrogens with one attached hydrogen (secondary N) is 1. The third kappa shape index (κ3) is 5.51. The van der Waals surface area contributed by atoms with Gasteiger partial charge in [0.2, 0.25) is 0 Å². The van der Waals surface area contributed by atoms with E-state index in [1.54, 1.807) is 0 Å². The molecule has 220 valence electrons. The summed E-state index contributed by atoms with van der Waals surface area (Å²) in [6.45, 7) is 8.93. The Balaban J connectivity index is 1.15. The highest BCUT2D eigenvalue weighted by atomic mass is 16.5. The maximum atomic E-state index is 12.5. The van der Waals surface area contributed by atoms with Gasteiger partial charge in [0.05, 0.1) is 13.5 Å². The molecule has 1 N–H and O–H groups in total. The molecule has 2 fully saturated rings. The largest absolute Gasteiger partial charge is 0.484 e. The molecule has 3 aromatic rings. The van der Waals surface area contributed by atoms with Crippen LogP contribution >= 0.6 is 0 Å². The summed E-state index contributed by atoms with van der Waals surface area (Å²) in [5.74, 6) is 0.980. The van der Waals surface area contributed by atoms with Gasteiger partial charge in [-0.15, -0.1) is 0 Å². The van der Waals surface area contributed by atoms with Crippen molar-refractivity contribution in [3.05, 3.63) is 81.9 Å². The Morgan fingerprint density at radius 1 is 1.00 bits per heavy atom. The summed E-state index contributed by atoms with van der Waals surface area (Å²) in [6.07, 6.45) is 6.09. The summed E-state index contributed by atoms with van der Waals surface area (Å²) in [7, 11) is 1.48. The van der Waals surface area contributed by atoms with Gasteiger partial charge in [-0.05, 0) is 127 Å². The number of nitrogens with zero attached hydrogens (tertiary/aromatic N) is 1. The molecule has 1 saturated carbocycles. The van der Waals surface area contributed by atoms with Crippen LogP contribution in [0.4, 0.5) is 5.69 Å². The number of methoxy groups -OCH3 is 1. The van der Waals surface area contributed by atoms with Gasteiger partial charge in [0.15, 0.2) is 6.61 Å². The van der Waals surface area contributed by atoms with Crippen molar-refractivity contribution in [2.45, 2.75) is 71.8 Å². The number of hydrogen-bond acceptors (Lipinski definition) is 5. The van der Waals surface area contributed by atoms with E-state index in [-0.39, 0.29) is 29.8 Å². The van der Waals surface area contributed by atoms with Crippen molar-refractivity contribution >= 4 is 17.6 Å². The van der Waals surface area contributed by atoms with E-state index >= 15 is 0 Å². The van der Waals surface area contributed by atoms with E-state index in [1.165, 1.54) is 53.3 Å². The molecule has 1 aliphatic heterocycles. The molecule has 1 saturated heterocycles. The number of hydrogen-bond donors (Lipinski definition) is 1.